The molecule has 302 valence electrons. The molecule has 5 N–H and O–H groups in total. The highest BCUT2D eigenvalue weighted by Crippen LogP contribution is 2.32. The van der Waals surface area contributed by atoms with Crippen LogP contribution in [0.25, 0.3) is 0 Å². The molecule has 4 aromatic rings. The fourth-order valence-corrected chi connectivity index (χ4v) is 7.15. The molecule has 0 saturated carbocycles. The zero-order valence-electron chi connectivity index (χ0n) is 30.6. The van der Waals surface area contributed by atoms with Crippen LogP contribution in [0, 0.1) is 3.57 Å². The Labute approximate surface area is 337 Å². The summed E-state index contributed by atoms with van der Waals surface area (Å²) in [6.07, 6.45) is -9.26. The van der Waals surface area contributed by atoms with E-state index in [4.69, 9.17) is 29.4 Å². The Morgan fingerprint density at radius 1 is 0.857 bits per heavy atom. The molecule has 16 heteroatoms. The largest absolute Gasteiger partial charge is 0.494 e. The van der Waals surface area contributed by atoms with E-state index in [1.54, 1.807) is 12.1 Å². The molecule has 0 unspecified atom stereocenters. The van der Waals surface area contributed by atoms with Crippen molar-refractivity contribution < 1.29 is 52.2 Å². The SMILES string of the molecule is NCCc1ccc(Oc2ccc(OCCCCN3CCN(c4ccc(O[C@H]5O[C@H](CO)[C@H](O)[C@H](O)[C@H]5Oc5cccc(C(F)(F)F)n5)cc4)CC3)cc2)c(I)c1. The van der Waals surface area contributed by atoms with Gasteiger partial charge in [-0.25, -0.2) is 4.98 Å². The maximum atomic E-state index is 13.2. The maximum absolute atomic E-state index is 13.2. The number of aliphatic hydroxyl groups is 3. The topological polar surface area (TPSA) is 152 Å². The lowest BCUT2D eigenvalue weighted by Gasteiger charge is -2.41. The second kappa shape index (κ2) is 19.5. The van der Waals surface area contributed by atoms with Crippen molar-refractivity contribution in [3.63, 3.8) is 0 Å². The third-order valence-electron chi connectivity index (χ3n) is 9.54. The van der Waals surface area contributed by atoms with Crippen molar-refractivity contribution in [2.75, 3.05) is 57.4 Å². The average molecular weight is 895 g/mol. The van der Waals surface area contributed by atoms with E-state index in [0.29, 0.717) is 18.9 Å². The first-order chi connectivity index (χ1) is 27.0. The minimum Gasteiger partial charge on any atom is -0.494 e. The Morgan fingerprint density at radius 2 is 1.57 bits per heavy atom. The van der Waals surface area contributed by atoms with Crippen LogP contribution in [0.2, 0.25) is 0 Å². The van der Waals surface area contributed by atoms with Crippen LogP contribution in [0.5, 0.6) is 28.9 Å². The summed E-state index contributed by atoms with van der Waals surface area (Å²) >= 11 is 2.27. The standard InChI is InChI=1S/C40H46F3IN4O8/c41-40(42,43)34-4-3-5-35(46-34)56-38-37(51)36(50)33(25-49)55-39(38)54-30-9-7-27(8-10-30)48-21-19-47(20-22-48)18-1-2-23-52-28-11-13-29(14-12-28)53-32-15-6-26(16-17-45)24-31(32)44/h3-15,24,33,36-39,49-51H,1-2,16-23,25,45H2/t33-,36+,37+,38-,39+/m1/s1. The second-order valence-corrected chi connectivity index (χ2v) is 14.7. The summed E-state index contributed by atoms with van der Waals surface area (Å²) < 4.78 is 70.0. The zero-order valence-corrected chi connectivity index (χ0v) is 32.7. The summed E-state index contributed by atoms with van der Waals surface area (Å²) in [5.41, 5.74) is 6.65. The van der Waals surface area contributed by atoms with Crippen LogP contribution in [0.3, 0.4) is 0 Å². The Bertz CT molecular complexity index is 1830. The maximum Gasteiger partial charge on any atom is 0.433 e. The molecule has 0 aliphatic carbocycles. The van der Waals surface area contributed by atoms with E-state index in [-0.39, 0.29) is 0 Å². The lowest BCUT2D eigenvalue weighted by atomic mass is 9.99. The van der Waals surface area contributed by atoms with Crippen molar-refractivity contribution in [2.45, 2.75) is 56.1 Å². The molecule has 6 rings (SSSR count). The number of hydrogen-bond donors (Lipinski definition) is 4. The Balaban J connectivity index is 0.924. The molecule has 0 amide bonds. The van der Waals surface area contributed by atoms with Gasteiger partial charge < -0.3 is 49.6 Å². The summed E-state index contributed by atoms with van der Waals surface area (Å²) in [7, 11) is 0. The summed E-state index contributed by atoms with van der Waals surface area (Å²) in [6, 6.07) is 24.0. The fraction of sp³-hybridized carbons (Fsp3) is 0.425. The number of anilines is 1. The number of nitrogens with two attached hydrogens (primary N) is 1. The summed E-state index contributed by atoms with van der Waals surface area (Å²) in [5, 5.41) is 30.9. The van der Waals surface area contributed by atoms with Crippen molar-refractivity contribution in [1.82, 2.24) is 9.88 Å². The number of pyridine rings is 1. The van der Waals surface area contributed by atoms with Gasteiger partial charge in [0.2, 0.25) is 12.2 Å². The molecule has 2 saturated heterocycles. The number of ether oxygens (including phenoxy) is 5. The predicted octanol–water partition coefficient (Wildman–Crippen LogP) is 5.25. The molecular formula is C40H46F3IN4O8. The number of aliphatic hydroxyl groups excluding tert-OH is 3. The molecule has 56 heavy (non-hydrogen) atoms. The van der Waals surface area contributed by atoms with E-state index >= 15 is 0 Å². The number of halogens is 4. The average Bonchev–Trinajstić information content (AvgIpc) is 3.19. The lowest BCUT2D eigenvalue weighted by molar-refractivity contribution is -0.272. The number of rotatable bonds is 16. The third-order valence-corrected chi connectivity index (χ3v) is 10.4. The van der Waals surface area contributed by atoms with E-state index in [0.717, 1.165) is 90.6 Å². The fourth-order valence-electron chi connectivity index (χ4n) is 6.46. The Morgan fingerprint density at radius 3 is 2.25 bits per heavy atom. The predicted molar refractivity (Wildman–Crippen MR) is 210 cm³/mol. The van der Waals surface area contributed by atoms with Gasteiger partial charge in [0, 0.05) is 37.9 Å². The molecule has 0 radical (unpaired) electrons. The first-order valence-electron chi connectivity index (χ1n) is 18.5. The number of alkyl halides is 3. The van der Waals surface area contributed by atoms with Gasteiger partial charge in [0.1, 0.15) is 47.0 Å². The number of benzene rings is 3. The number of hydrogen-bond acceptors (Lipinski definition) is 12. The van der Waals surface area contributed by atoms with Crippen molar-refractivity contribution in [3.8, 4) is 28.9 Å². The number of unbranched alkanes of at least 4 members (excludes halogenated alkanes) is 1. The van der Waals surface area contributed by atoms with E-state index in [1.165, 1.54) is 11.6 Å². The number of piperazine rings is 1. The third kappa shape index (κ3) is 11.1. The van der Waals surface area contributed by atoms with Gasteiger partial charge in [0.25, 0.3) is 0 Å². The molecule has 3 heterocycles. The molecular weight excluding hydrogens is 848 g/mol. The summed E-state index contributed by atoms with van der Waals surface area (Å²) in [4.78, 5) is 8.18. The van der Waals surface area contributed by atoms with Gasteiger partial charge in [-0.2, -0.15) is 13.2 Å². The van der Waals surface area contributed by atoms with Crippen LogP contribution in [0.15, 0.2) is 84.9 Å². The monoisotopic (exact) mass is 894 g/mol. The van der Waals surface area contributed by atoms with Gasteiger partial charge in [-0.05, 0) is 127 Å². The van der Waals surface area contributed by atoms with Gasteiger partial charge in [-0.15, -0.1) is 0 Å². The second-order valence-electron chi connectivity index (χ2n) is 13.5. The first-order valence-corrected chi connectivity index (χ1v) is 19.5. The molecule has 2 aliphatic rings. The molecule has 0 bridgehead atoms. The molecule has 12 nitrogen and oxygen atoms in total. The molecule has 3 aromatic carbocycles. The number of nitrogens with zero attached hydrogens (tertiary/aromatic N) is 3. The minimum atomic E-state index is -4.71. The van der Waals surface area contributed by atoms with Gasteiger partial charge >= 0.3 is 6.18 Å². The van der Waals surface area contributed by atoms with E-state index in [1.807, 2.05) is 48.5 Å². The molecule has 0 spiro atoms. The molecule has 2 aliphatic heterocycles. The van der Waals surface area contributed by atoms with Crippen LogP contribution in [0.1, 0.15) is 24.1 Å². The summed E-state index contributed by atoms with van der Waals surface area (Å²) in [6.45, 7) is 5.02. The van der Waals surface area contributed by atoms with Crippen molar-refractivity contribution >= 4 is 28.3 Å². The number of aromatic nitrogens is 1. The van der Waals surface area contributed by atoms with Crippen molar-refractivity contribution in [2.24, 2.45) is 5.73 Å². The van der Waals surface area contributed by atoms with Gasteiger partial charge in [-0.1, -0.05) is 12.1 Å². The van der Waals surface area contributed by atoms with Gasteiger partial charge in [-0.3, -0.25) is 4.90 Å². The molecule has 2 fully saturated rings. The zero-order chi connectivity index (χ0) is 39.7. The van der Waals surface area contributed by atoms with E-state index < -0.39 is 55.1 Å². The molecule has 1 aromatic heterocycles. The minimum absolute atomic E-state index is 0.328. The van der Waals surface area contributed by atoms with Crippen molar-refractivity contribution in [1.29, 1.82) is 0 Å². The van der Waals surface area contributed by atoms with E-state index in [2.05, 4.69) is 43.4 Å². The molecule has 5 atom stereocenters. The smallest absolute Gasteiger partial charge is 0.433 e. The van der Waals surface area contributed by atoms with Crippen LogP contribution >= 0.6 is 22.6 Å². The highest BCUT2D eigenvalue weighted by atomic mass is 127. The summed E-state index contributed by atoms with van der Waals surface area (Å²) in [5.74, 6) is 2.24. The van der Waals surface area contributed by atoms with Crippen LogP contribution in [0.4, 0.5) is 18.9 Å². The van der Waals surface area contributed by atoms with E-state index in [9.17, 15) is 28.5 Å². The first kappa shape index (κ1) is 41.7. The highest BCUT2D eigenvalue weighted by molar-refractivity contribution is 14.1. The normalized spacial score (nSPS) is 21.8. The van der Waals surface area contributed by atoms with Crippen LogP contribution in [-0.4, -0.2) is 108 Å². The van der Waals surface area contributed by atoms with Gasteiger partial charge in [0.15, 0.2) is 6.10 Å². The Kier molecular flexibility index (Phi) is 14.5. The highest BCUT2D eigenvalue weighted by Gasteiger charge is 2.47. The van der Waals surface area contributed by atoms with Gasteiger partial charge in [0.05, 0.1) is 16.8 Å². The lowest BCUT2D eigenvalue weighted by Crippen LogP contribution is -2.62. The van der Waals surface area contributed by atoms with Crippen LogP contribution < -0.4 is 29.6 Å². The van der Waals surface area contributed by atoms with Crippen LogP contribution in [-0.2, 0) is 17.3 Å². The van der Waals surface area contributed by atoms with Crippen molar-refractivity contribution in [3.05, 3.63) is 99.8 Å². The quantitative estimate of drug-likeness (QED) is 0.0860. The Hall–Kier alpha value is -3.91.